The fourth-order valence-corrected chi connectivity index (χ4v) is 2.50. The average Bonchev–Trinajstić information content (AvgIpc) is 2.54. The van der Waals surface area contributed by atoms with Crippen molar-refractivity contribution in [3.05, 3.63) is 60.2 Å². The number of Topliss-reactive ketones (excluding diaryl/α,β-unsaturated/α-hetero) is 1. The van der Waals surface area contributed by atoms with Gasteiger partial charge in [0.05, 0.1) is 4.99 Å². The summed E-state index contributed by atoms with van der Waals surface area (Å²) < 4.78 is 5.69. The predicted molar refractivity (Wildman–Crippen MR) is 96.8 cm³/mol. The largest absolute Gasteiger partial charge is 0.489 e. The molecule has 2 aromatic rings. The van der Waals surface area contributed by atoms with Crippen molar-refractivity contribution in [3.8, 4) is 5.75 Å². The number of ketones is 1. The van der Waals surface area contributed by atoms with Crippen LogP contribution in [-0.4, -0.2) is 16.7 Å². The lowest BCUT2D eigenvalue weighted by atomic mass is 10.0. The van der Waals surface area contributed by atoms with E-state index < -0.39 is 11.8 Å². The van der Waals surface area contributed by atoms with E-state index in [4.69, 9.17) is 22.7 Å². The number of amides is 1. The van der Waals surface area contributed by atoms with Gasteiger partial charge in [-0.2, -0.15) is 0 Å². The van der Waals surface area contributed by atoms with Crippen LogP contribution in [0.1, 0.15) is 12.5 Å². The van der Waals surface area contributed by atoms with Crippen molar-refractivity contribution in [3.63, 3.8) is 0 Å². The molecule has 0 saturated carbocycles. The van der Waals surface area contributed by atoms with E-state index in [1.54, 1.807) is 24.3 Å². The summed E-state index contributed by atoms with van der Waals surface area (Å²) in [5.74, 6) is -1.56. The van der Waals surface area contributed by atoms with Gasteiger partial charge in [-0.3, -0.25) is 9.59 Å². The van der Waals surface area contributed by atoms with Crippen LogP contribution in [0.2, 0.25) is 0 Å². The molecule has 2 rings (SSSR count). The zero-order chi connectivity index (χ0) is 17.5. The van der Waals surface area contributed by atoms with Gasteiger partial charge in [-0.15, -0.1) is 0 Å². The van der Waals surface area contributed by atoms with Crippen LogP contribution in [0.15, 0.2) is 54.6 Å². The molecule has 1 unspecified atom stereocenters. The molecule has 0 aliphatic heterocycles. The molecule has 0 aliphatic carbocycles. The maximum atomic E-state index is 11.4. The van der Waals surface area contributed by atoms with E-state index in [9.17, 15) is 9.59 Å². The van der Waals surface area contributed by atoms with Crippen molar-refractivity contribution in [1.29, 1.82) is 0 Å². The number of carbonyl (C=O) groups excluding carboxylic acids is 2. The van der Waals surface area contributed by atoms with Crippen LogP contribution >= 0.6 is 12.2 Å². The Morgan fingerprint density at radius 1 is 1.12 bits per heavy atom. The van der Waals surface area contributed by atoms with Crippen LogP contribution in [0.5, 0.6) is 5.75 Å². The number of hydrogen-bond acceptors (Lipinski definition) is 4. The second-order valence-corrected chi connectivity index (χ2v) is 5.67. The number of nitrogens with one attached hydrogen (secondary N) is 1. The van der Waals surface area contributed by atoms with E-state index in [0.29, 0.717) is 18.0 Å². The molecule has 24 heavy (non-hydrogen) atoms. The lowest BCUT2D eigenvalue weighted by Gasteiger charge is -2.14. The van der Waals surface area contributed by atoms with Crippen molar-refractivity contribution in [2.24, 2.45) is 11.7 Å². The van der Waals surface area contributed by atoms with Crippen LogP contribution in [0.25, 0.3) is 0 Å². The first-order valence-corrected chi connectivity index (χ1v) is 7.75. The third-order valence-corrected chi connectivity index (χ3v) is 3.66. The number of ether oxygens (including phenoxy) is 1. The van der Waals surface area contributed by atoms with Crippen LogP contribution in [0.4, 0.5) is 5.69 Å². The van der Waals surface area contributed by atoms with Crippen molar-refractivity contribution in [2.75, 3.05) is 5.32 Å². The number of primary amides is 1. The minimum atomic E-state index is -1.12. The Labute approximate surface area is 145 Å². The van der Waals surface area contributed by atoms with E-state index in [2.05, 4.69) is 5.32 Å². The summed E-state index contributed by atoms with van der Waals surface area (Å²) in [4.78, 5) is 22.8. The molecule has 0 radical (unpaired) electrons. The summed E-state index contributed by atoms with van der Waals surface area (Å²) >= 11 is 5.09. The van der Waals surface area contributed by atoms with Gasteiger partial charge in [0.2, 0.25) is 5.91 Å². The standard InChI is InChI=1S/C18H18N2O3S/c1-12(21)16(17(19)22)18(24)20-14-7-9-15(10-8-14)23-11-13-5-3-2-4-6-13/h2-10,16H,11H2,1H3,(H2,19,22)(H,20,24). The molecule has 2 aromatic carbocycles. The van der Waals surface area contributed by atoms with E-state index >= 15 is 0 Å². The highest BCUT2D eigenvalue weighted by molar-refractivity contribution is 7.80. The molecule has 124 valence electrons. The Morgan fingerprint density at radius 2 is 1.75 bits per heavy atom. The van der Waals surface area contributed by atoms with Crippen LogP contribution < -0.4 is 15.8 Å². The second-order valence-electron chi connectivity index (χ2n) is 5.23. The maximum Gasteiger partial charge on any atom is 0.234 e. The van der Waals surface area contributed by atoms with Crippen LogP contribution in [-0.2, 0) is 16.2 Å². The first-order valence-electron chi connectivity index (χ1n) is 7.35. The van der Waals surface area contributed by atoms with Crippen LogP contribution in [0.3, 0.4) is 0 Å². The lowest BCUT2D eigenvalue weighted by molar-refractivity contribution is -0.128. The van der Waals surface area contributed by atoms with Gasteiger partial charge in [0, 0.05) is 5.69 Å². The molecule has 1 amide bonds. The number of rotatable bonds is 7. The molecule has 5 nitrogen and oxygen atoms in total. The monoisotopic (exact) mass is 342 g/mol. The summed E-state index contributed by atoms with van der Waals surface area (Å²) in [5, 5.41) is 2.86. The normalized spacial score (nSPS) is 11.4. The summed E-state index contributed by atoms with van der Waals surface area (Å²) in [6.45, 7) is 1.75. The molecular weight excluding hydrogens is 324 g/mol. The predicted octanol–water partition coefficient (Wildman–Crippen LogP) is 2.70. The molecule has 0 spiro atoms. The number of anilines is 1. The molecule has 0 bridgehead atoms. The van der Waals surface area contributed by atoms with E-state index in [0.717, 1.165) is 5.56 Å². The van der Waals surface area contributed by atoms with E-state index in [1.165, 1.54) is 6.92 Å². The summed E-state index contributed by atoms with van der Waals surface area (Å²) in [6.07, 6.45) is 0. The number of nitrogens with two attached hydrogens (primary N) is 1. The minimum Gasteiger partial charge on any atom is -0.489 e. The molecule has 0 fully saturated rings. The molecular formula is C18H18N2O3S. The Kier molecular flexibility index (Phi) is 6.03. The lowest BCUT2D eigenvalue weighted by Crippen LogP contribution is -2.37. The zero-order valence-corrected chi connectivity index (χ0v) is 14.0. The molecule has 6 heteroatoms. The molecule has 0 aliphatic rings. The summed E-state index contributed by atoms with van der Waals surface area (Å²) in [7, 11) is 0. The highest BCUT2D eigenvalue weighted by atomic mass is 32.1. The Balaban J connectivity index is 1.95. The molecule has 0 heterocycles. The molecule has 0 saturated heterocycles. The highest BCUT2D eigenvalue weighted by Gasteiger charge is 2.25. The van der Waals surface area contributed by atoms with Gasteiger partial charge in [-0.1, -0.05) is 42.5 Å². The van der Waals surface area contributed by atoms with Crippen molar-refractivity contribution < 1.29 is 14.3 Å². The first kappa shape index (κ1) is 17.6. The molecule has 3 N–H and O–H groups in total. The number of carbonyl (C=O) groups is 2. The van der Waals surface area contributed by atoms with Gasteiger partial charge in [0.25, 0.3) is 0 Å². The smallest absolute Gasteiger partial charge is 0.234 e. The van der Waals surface area contributed by atoms with Gasteiger partial charge in [-0.25, -0.2) is 0 Å². The van der Waals surface area contributed by atoms with E-state index in [-0.39, 0.29) is 10.8 Å². The van der Waals surface area contributed by atoms with Crippen LogP contribution in [0, 0.1) is 5.92 Å². The topological polar surface area (TPSA) is 81.4 Å². The van der Waals surface area contributed by atoms with Gasteiger partial charge < -0.3 is 15.8 Å². The molecule has 0 aromatic heterocycles. The van der Waals surface area contributed by atoms with Gasteiger partial charge in [-0.05, 0) is 36.8 Å². The minimum absolute atomic E-state index is 0.0907. The third kappa shape index (κ3) is 4.89. The molecule has 1 atom stereocenters. The maximum absolute atomic E-state index is 11.4. The fourth-order valence-electron chi connectivity index (χ4n) is 2.10. The Morgan fingerprint density at radius 3 is 2.29 bits per heavy atom. The first-order chi connectivity index (χ1) is 11.5. The quantitative estimate of drug-likeness (QED) is 0.597. The van der Waals surface area contributed by atoms with Gasteiger partial charge in [0.15, 0.2) is 0 Å². The fraction of sp³-hybridized carbons (Fsp3) is 0.167. The summed E-state index contributed by atoms with van der Waals surface area (Å²) in [5.41, 5.74) is 6.93. The average molecular weight is 342 g/mol. The van der Waals surface area contributed by atoms with Crippen molar-refractivity contribution in [2.45, 2.75) is 13.5 Å². The van der Waals surface area contributed by atoms with E-state index in [1.807, 2.05) is 30.3 Å². The SMILES string of the molecule is CC(=O)C(C(N)=O)C(=S)Nc1ccc(OCc2ccccc2)cc1. The Hall–Kier alpha value is -2.73. The number of thiocarbonyl (C=S) groups is 1. The van der Waals surface area contributed by atoms with Gasteiger partial charge >= 0.3 is 0 Å². The highest BCUT2D eigenvalue weighted by Crippen LogP contribution is 2.18. The number of hydrogen-bond donors (Lipinski definition) is 2. The number of benzene rings is 2. The van der Waals surface area contributed by atoms with Gasteiger partial charge in [0.1, 0.15) is 24.1 Å². The Bertz CT molecular complexity index is 716. The second kappa shape index (κ2) is 8.21. The third-order valence-electron chi connectivity index (χ3n) is 3.32. The van der Waals surface area contributed by atoms with Crippen molar-refractivity contribution >= 4 is 34.6 Å². The van der Waals surface area contributed by atoms with Crippen molar-refractivity contribution in [1.82, 2.24) is 0 Å². The zero-order valence-electron chi connectivity index (χ0n) is 13.2. The summed E-state index contributed by atoms with van der Waals surface area (Å²) in [6, 6.07) is 16.9.